The van der Waals surface area contributed by atoms with Crippen molar-refractivity contribution < 1.29 is 9.59 Å². The second-order valence-electron chi connectivity index (χ2n) is 2.26. The van der Waals surface area contributed by atoms with E-state index in [9.17, 15) is 9.59 Å². The SMILES string of the molecule is O=C1CC2NC(=O)C12. The molecule has 0 bridgehead atoms. The van der Waals surface area contributed by atoms with Crippen LogP contribution in [0.2, 0.25) is 0 Å². The number of amides is 1. The van der Waals surface area contributed by atoms with Crippen molar-refractivity contribution in [1.82, 2.24) is 5.32 Å². The monoisotopic (exact) mass is 111 g/mol. The van der Waals surface area contributed by atoms with Gasteiger partial charge in [0.1, 0.15) is 11.7 Å². The Hall–Kier alpha value is -0.860. The highest BCUT2D eigenvalue weighted by molar-refractivity contribution is 6.12. The summed E-state index contributed by atoms with van der Waals surface area (Å²) < 4.78 is 0. The summed E-state index contributed by atoms with van der Waals surface area (Å²) in [5.74, 6) is -0.208. The van der Waals surface area contributed by atoms with Gasteiger partial charge >= 0.3 is 0 Å². The highest BCUT2D eigenvalue weighted by atomic mass is 16.2. The van der Waals surface area contributed by atoms with Crippen molar-refractivity contribution >= 4 is 11.7 Å². The van der Waals surface area contributed by atoms with E-state index in [4.69, 9.17) is 0 Å². The Balaban J connectivity index is 2.19. The van der Waals surface area contributed by atoms with E-state index in [-0.39, 0.29) is 23.7 Å². The van der Waals surface area contributed by atoms with Gasteiger partial charge in [-0.1, -0.05) is 0 Å². The zero-order valence-corrected chi connectivity index (χ0v) is 4.18. The van der Waals surface area contributed by atoms with Crippen LogP contribution in [0.4, 0.5) is 0 Å². The average Bonchev–Trinajstić information content (AvgIpc) is 1.63. The molecule has 0 spiro atoms. The van der Waals surface area contributed by atoms with Crippen LogP contribution in [-0.2, 0) is 9.59 Å². The molecule has 2 rings (SSSR count). The van der Waals surface area contributed by atoms with Crippen LogP contribution < -0.4 is 5.32 Å². The molecule has 1 amide bonds. The first-order valence-electron chi connectivity index (χ1n) is 2.62. The smallest absolute Gasteiger partial charge is 0.232 e. The number of nitrogens with one attached hydrogen (secondary N) is 1. The van der Waals surface area contributed by atoms with Gasteiger partial charge in [-0.2, -0.15) is 0 Å². The molecule has 2 aliphatic rings. The largest absolute Gasteiger partial charge is 0.351 e. The normalized spacial score (nSPS) is 41.5. The fourth-order valence-corrected chi connectivity index (χ4v) is 1.17. The number of hydrogen-bond donors (Lipinski definition) is 1. The zero-order chi connectivity index (χ0) is 5.72. The molecule has 2 atom stereocenters. The number of fused-ring (bicyclic) bond motifs is 1. The number of β-lactam (4-membered cyclic amide) rings is 1. The number of hydrogen-bond acceptors (Lipinski definition) is 2. The van der Waals surface area contributed by atoms with Crippen LogP contribution in [0.3, 0.4) is 0 Å². The van der Waals surface area contributed by atoms with Gasteiger partial charge in [-0.05, 0) is 0 Å². The third kappa shape index (κ3) is 0.240. The van der Waals surface area contributed by atoms with Crippen molar-refractivity contribution in [2.75, 3.05) is 0 Å². The molecule has 1 saturated heterocycles. The van der Waals surface area contributed by atoms with Crippen LogP contribution >= 0.6 is 0 Å². The van der Waals surface area contributed by atoms with Gasteiger partial charge < -0.3 is 5.32 Å². The van der Waals surface area contributed by atoms with Crippen LogP contribution in [0, 0.1) is 5.92 Å². The summed E-state index contributed by atoms with van der Waals surface area (Å²) in [6.45, 7) is 0. The number of piperidine rings is 1. The zero-order valence-electron chi connectivity index (χ0n) is 4.18. The first-order valence-corrected chi connectivity index (χ1v) is 2.62. The minimum atomic E-state index is -0.241. The van der Waals surface area contributed by atoms with E-state index in [0.717, 1.165) is 0 Å². The Bertz CT molecular complexity index is 157. The maximum Gasteiger partial charge on any atom is 0.232 e. The third-order valence-corrected chi connectivity index (χ3v) is 1.78. The highest BCUT2D eigenvalue weighted by Crippen LogP contribution is 2.30. The van der Waals surface area contributed by atoms with Crippen LogP contribution in [0.5, 0.6) is 0 Å². The summed E-state index contributed by atoms with van der Waals surface area (Å²) in [7, 11) is 0. The molecule has 2 unspecified atom stereocenters. The number of carbonyl (C=O) groups is 2. The molecule has 0 aromatic rings. The van der Waals surface area contributed by atoms with Crippen molar-refractivity contribution in [2.24, 2.45) is 5.92 Å². The topological polar surface area (TPSA) is 46.2 Å². The van der Waals surface area contributed by atoms with Gasteiger partial charge in [0.15, 0.2) is 0 Å². The lowest BCUT2D eigenvalue weighted by molar-refractivity contribution is -0.153. The van der Waals surface area contributed by atoms with Crippen LogP contribution in [0.1, 0.15) is 6.42 Å². The van der Waals surface area contributed by atoms with Crippen molar-refractivity contribution in [1.29, 1.82) is 0 Å². The van der Waals surface area contributed by atoms with Crippen LogP contribution in [-0.4, -0.2) is 17.7 Å². The van der Waals surface area contributed by atoms with Crippen molar-refractivity contribution in [3.8, 4) is 0 Å². The molecule has 0 aromatic carbocycles. The summed E-state index contributed by atoms with van der Waals surface area (Å²) in [5.41, 5.74) is 0. The molecule has 0 radical (unpaired) electrons. The van der Waals surface area contributed by atoms with E-state index in [2.05, 4.69) is 5.32 Å². The lowest BCUT2D eigenvalue weighted by Gasteiger charge is -2.43. The number of Topliss-reactive ketones (excluding diaryl/α,β-unsaturated/α-hetero) is 1. The van der Waals surface area contributed by atoms with E-state index in [1.807, 2.05) is 0 Å². The van der Waals surface area contributed by atoms with E-state index >= 15 is 0 Å². The fourth-order valence-electron chi connectivity index (χ4n) is 1.17. The Labute approximate surface area is 46.1 Å². The van der Waals surface area contributed by atoms with E-state index in [1.165, 1.54) is 0 Å². The van der Waals surface area contributed by atoms with Gasteiger partial charge in [0.05, 0.1) is 6.04 Å². The van der Waals surface area contributed by atoms with Crippen LogP contribution in [0.25, 0.3) is 0 Å². The van der Waals surface area contributed by atoms with Gasteiger partial charge in [-0.25, -0.2) is 0 Å². The third-order valence-electron chi connectivity index (χ3n) is 1.78. The van der Waals surface area contributed by atoms with Gasteiger partial charge in [-0.15, -0.1) is 0 Å². The predicted octanol–water partition coefficient (Wildman–Crippen LogP) is -0.926. The van der Waals surface area contributed by atoms with Crippen molar-refractivity contribution in [2.45, 2.75) is 12.5 Å². The number of ketones is 1. The van der Waals surface area contributed by atoms with Crippen LogP contribution in [0.15, 0.2) is 0 Å². The lowest BCUT2D eigenvalue weighted by atomic mass is 9.71. The van der Waals surface area contributed by atoms with Gasteiger partial charge in [0.2, 0.25) is 5.91 Å². The molecule has 3 nitrogen and oxygen atoms in total. The van der Waals surface area contributed by atoms with Crippen molar-refractivity contribution in [3.63, 3.8) is 0 Å². The minimum Gasteiger partial charge on any atom is -0.351 e. The Morgan fingerprint density at radius 3 is 2.50 bits per heavy atom. The molecule has 2 fully saturated rings. The van der Waals surface area contributed by atoms with E-state index in [0.29, 0.717) is 6.42 Å². The van der Waals surface area contributed by atoms with Crippen molar-refractivity contribution in [3.05, 3.63) is 0 Å². The Morgan fingerprint density at radius 1 is 1.50 bits per heavy atom. The summed E-state index contributed by atoms with van der Waals surface area (Å²) >= 11 is 0. The van der Waals surface area contributed by atoms with Gasteiger partial charge in [0.25, 0.3) is 0 Å². The molecule has 1 heterocycles. The first-order chi connectivity index (χ1) is 3.79. The Kier molecular flexibility index (Phi) is 0.477. The predicted molar refractivity (Wildman–Crippen MR) is 25.0 cm³/mol. The fraction of sp³-hybridized carbons (Fsp3) is 0.600. The molecule has 8 heavy (non-hydrogen) atoms. The second-order valence-corrected chi connectivity index (χ2v) is 2.26. The van der Waals surface area contributed by atoms with E-state index in [1.54, 1.807) is 0 Å². The van der Waals surface area contributed by atoms with Gasteiger partial charge in [-0.3, -0.25) is 9.59 Å². The molecular weight excluding hydrogens is 106 g/mol. The molecule has 3 heteroatoms. The Morgan fingerprint density at radius 2 is 2.25 bits per heavy atom. The molecular formula is C5H5NO2. The second kappa shape index (κ2) is 0.940. The summed E-state index contributed by atoms with van der Waals surface area (Å²) in [5, 5.41) is 2.61. The number of carbonyl (C=O) groups excluding carboxylic acids is 2. The summed E-state index contributed by atoms with van der Waals surface area (Å²) in [6.07, 6.45) is 0.566. The van der Waals surface area contributed by atoms with E-state index < -0.39 is 0 Å². The first kappa shape index (κ1) is 4.06. The lowest BCUT2D eigenvalue weighted by Crippen LogP contribution is -2.69. The molecule has 1 aliphatic heterocycles. The average molecular weight is 111 g/mol. The highest BCUT2D eigenvalue weighted by Gasteiger charge is 2.53. The quantitative estimate of drug-likeness (QED) is 0.324. The van der Waals surface area contributed by atoms with Gasteiger partial charge in [0, 0.05) is 6.42 Å². The maximum absolute atomic E-state index is 10.4. The maximum atomic E-state index is 10.4. The molecule has 1 saturated carbocycles. The standard InChI is InChI=1S/C5H5NO2/c7-3-1-2-4(3)5(8)6-2/h2,4H,1H2,(H,6,8). The molecule has 0 aromatic heterocycles. The molecule has 1 aliphatic carbocycles. The minimum absolute atomic E-state index is 0.0775. The molecule has 42 valence electrons. The summed E-state index contributed by atoms with van der Waals surface area (Å²) in [4.78, 5) is 20.8. The summed E-state index contributed by atoms with van der Waals surface area (Å²) in [6, 6.07) is 0.218. The molecule has 1 N–H and O–H groups in total. The number of rotatable bonds is 0.